The summed E-state index contributed by atoms with van der Waals surface area (Å²) in [5, 5.41) is 0.472. The van der Waals surface area contributed by atoms with Crippen molar-refractivity contribution < 1.29 is 0 Å². The van der Waals surface area contributed by atoms with Crippen LogP contribution in [0.1, 0.15) is 5.69 Å². The molecule has 0 radical (unpaired) electrons. The van der Waals surface area contributed by atoms with Gasteiger partial charge in [0.15, 0.2) is 0 Å². The minimum atomic E-state index is -0.130. The molecule has 3 N–H and O–H groups in total. The van der Waals surface area contributed by atoms with E-state index in [2.05, 4.69) is 15.4 Å². The topological polar surface area (TPSA) is 85.8 Å². The summed E-state index contributed by atoms with van der Waals surface area (Å²) in [5.41, 5.74) is 2.86. The van der Waals surface area contributed by atoms with Crippen LogP contribution in [0.15, 0.2) is 29.5 Å². The number of rotatable bonds is 3. The molecule has 0 aliphatic rings. The molecule has 2 rings (SSSR count). The first-order chi connectivity index (χ1) is 8.61. The number of hydrogen-bond donors (Lipinski definition) is 2. The number of nitrogens with two attached hydrogens (primary N) is 1. The van der Waals surface area contributed by atoms with Gasteiger partial charge in [-0.25, -0.2) is 15.8 Å². The van der Waals surface area contributed by atoms with Gasteiger partial charge in [-0.15, -0.1) is 0 Å². The van der Waals surface area contributed by atoms with E-state index in [4.69, 9.17) is 17.4 Å². The molecule has 0 amide bonds. The summed E-state index contributed by atoms with van der Waals surface area (Å²) in [6.45, 7) is 0.247. The minimum absolute atomic E-state index is 0.130. The van der Waals surface area contributed by atoms with Gasteiger partial charge < -0.3 is 5.43 Å². The zero-order valence-electron chi connectivity index (χ0n) is 9.10. The molecule has 0 aliphatic heterocycles. The Morgan fingerprint density at radius 3 is 3.00 bits per heavy atom. The zero-order chi connectivity index (χ0) is 13.1. The molecule has 2 aromatic rings. The van der Waals surface area contributed by atoms with Crippen molar-refractivity contribution in [1.82, 2.24) is 14.5 Å². The number of anilines is 1. The number of nitrogen functional groups attached to an aromatic ring is 1. The molecule has 2 heterocycles. The Kier molecular flexibility index (Phi) is 4.15. The lowest BCUT2D eigenvalue weighted by Gasteiger charge is -2.08. The number of nitrogens with one attached hydrogen (secondary N) is 1. The highest BCUT2D eigenvalue weighted by molar-refractivity contribution is 14.1. The lowest BCUT2D eigenvalue weighted by atomic mass is 10.3. The van der Waals surface area contributed by atoms with E-state index in [1.165, 1.54) is 17.1 Å². The van der Waals surface area contributed by atoms with Crippen LogP contribution in [0.5, 0.6) is 0 Å². The molecular weight excluding hydrogens is 369 g/mol. The van der Waals surface area contributed by atoms with Crippen molar-refractivity contribution in [2.75, 3.05) is 5.43 Å². The second kappa shape index (κ2) is 5.63. The van der Waals surface area contributed by atoms with Crippen molar-refractivity contribution in [2.45, 2.75) is 6.54 Å². The summed E-state index contributed by atoms with van der Waals surface area (Å²) in [6, 6.07) is 3.33. The van der Waals surface area contributed by atoms with Gasteiger partial charge in [-0.1, -0.05) is 11.6 Å². The van der Waals surface area contributed by atoms with Crippen molar-refractivity contribution in [1.29, 1.82) is 0 Å². The summed E-state index contributed by atoms with van der Waals surface area (Å²) in [7, 11) is 0. The Bertz CT molecular complexity index is 630. The lowest BCUT2D eigenvalue weighted by Crippen LogP contribution is -2.23. The number of halogens is 2. The molecule has 6 nitrogen and oxygen atoms in total. The first kappa shape index (κ1) is 13.2. The largest absolute Gasteiger partial charge is 0.308 e. The molecule has 0 spiro atoms. The van der Waals surface area contributed by atoms with Gasteiger partial charge in [0.1, 0.15) is 5.82 Å². The first-order valence-corrected chi connectivity index (χ1v) is 6.39. The smallest absolute Gasteiger partial charge is 0.267 e. The monoisotopic (exact) mass is 377 g/mol. The second-order valence-corrected chi connectivity index (χ2v) is 5.01. The Morgan fingerprint density at radius 2 is 2.28 bits per heavy atom. The van der Waals surface area contributed by atoms with Gasteiger partial charge in [-0.3, -0.25) is 9.36 Å². The van der Waals surface area contributed by atoms with E-state index >= 15 is 0 Å². The molecular formula is C10H9ClIN5O. The maximum Gasteiger partial charge on any atom is 0.267 e. The first-order valence-electron chi connectivity index (χ1n) is 4.94. The van der Waals surface area contributed by atoms with Gasteiger partial charge in [0.05, 0.1) is 27.2 Å². The van der Waals surface area contributed by atoms with Gasteiger partial charge in [0, 0.05) is 6.20 Å². The highest BCUT2D eigenvalue weighted by Crippen LogP contribution is 2.16. The number of hydrogen-bond acceptors (Lipinski definition) is 5. The zero-order valence-corrected chi connectivity index (χ0v) is 12.0. The molecule has 8 heteroatoms. The minimum Gasteiger partial charge on any atom is -0.308 e. The molecule has 0 saturated heterocycles. The van der Waals surface area contributed by atoms with Crippen LogP contribution in [-0.2, 0) is 6.54 Å². The maximum atomic E-state index is 11.8. The van der Waals surface area contributed by atoms with Crippen molar-refractivity contribution in [3.8, 4) is 0 Å². The van der Waals surface area contributed by atoms with Gasteiger partial charge in [-0.2, -0.15) is 0 Å². The van der Waals surface area contributed by atoms with E-state index < -0.39 is 0 Å². The van der Waals surface area contributed by atoms with Gasteiger partial charge in [-0.05, 0) is 34.7 Å². The van der Waals surface area contributed by atoms with Crippen molar-refractivity contribution in [2.24, 2.45) is 5.84 Å². The Hall–Kier alpha value is -1.19. The average Bonchev–Trinajstić information content (AvgIpc) is 2.37. The summed E-state index contributed by atoms with van der Waals surface area (Å²) >= 11 is 7.96. The van der Waals surface area contributed by atoms with Gasteiger partial charge in [0.2, 0.25) is 0 Å². The molecule has 0 aliphatic carbocycles. The lowest BCUT2D eigenvalue weighted by molar-refractivity contribution is 0.714. The van der Waals surface area contributed by atoms with Crippen molar-refractivity contribution in [3.05, 3.63) is 49.3 Å². The van der Waals surface area contributed by atoms with E-state index in [0.717, 1.165) is 0 Å². The fourth-order valence-electron chi connectivity index (χ4n) is 1.37. The average molecular weight is 378 g/mol. The maximum absolute atomic E-state index is 11.8. The Morgan fingerprint density at radius 1 is 1.50 bits per heavy atom. The molecule has 0 unspecified atom stereocenters. The van der Waals surface area contributed by atoms with E-state index in [1.54, 1.807) is 12.1 Å². The Balaban J connectivity index is 2.39. The highest BCUT2D eigenvalue weighted by Gasteiger charge is 2.07. The number of hydrazine groups is 1. The molecule has 0 fully saturated rings. The molecule has 2 aromatic heterocycles. The Labute approximate surface area is 121 Å². The fourth-order valence-corrected chi connectivity index (χ4v) is 2.01. The molecule has 0 atom stereocenters. The van der Waals surface area contributed by atoms with E-state index in [0.29, 0.717) is 20.1 Å². The van der Waals surface area contributed by atoms with Crippen LogP contribution >= 0.6 is 34.2 Å². The van der Waals surface area contributed by atoms with Crippen LogP contribution in [0.3, 0.4) is 0 Å². The van der Waals surface area contributed by atoms with Crippen LogP contribution in [0.25, 0.3) is 0 Å². The van der Waals surface area contributed by atoms with Crippen molar-refractivity contribution in [3.63, 3.8) is 0 Å². The summed E-state index contributed by atoms with van der Waals surface area (Å²) in [4.78, 5) is 20.0. The van der Waals surface area contributed by atoms with Gasteiger partial charge >= 0.3 is 0 Å². The number of nitrogens with zero attached hydrogens (tertiary/aromatic N) is 3. The third-order valence-corrected chi connectivity index (χ3v) is 3.33. The van der Waals surface area contributed by atoms with Crippen LogP contribution < -0.4 is 16.8 Å². The molecule has 0 saturated carbocycles. The van der Waals surface area contributed by atoms with E-state index in [-0.39, 0.29) is 12.1 Å². The number of aromatic nitrogens is 3. The molecule has 0 aromatic carbocycles. The fraction of sp³-hybridized carbons (Fsp3) is 0.100. The van der Waals surface area contributed by atoms with Gasteiger partial charge in [0.25, 0.3) is 5.56 Å². The van der Waals surface area contributed by atoms with Crippen LogP contribution in [-0.4, -0.2) is 14.5 Å². The third kappa shape index (κ3) is 2.79. The van der Waals surface area contributed by atoms with E-state index in [1.807, 2.05) is 22.6 Å². The highest BCUT2D eigenvalue weighted by atomic mass is 127. The van der Waals surface area contributed by atoms with Crippen LogP contribution in [0, 0.1) is 3.57 Å². The molecule has 0 bridgehead atoms. The normalized spacial score (nSPS) is 10.4. The number of pyridine rings is 1. The SMILES string of the molecule is NNc1ccc(Cl)c(Cn2cncc(I)c2=O)n1. The van der Waals surface area contributed by atoms with Crippen molar-refractivity contribution >= 4 is 40.0 Å². The standard InChI is InChI=1S/C10H9ClIN5O/c11-6-1-2-9(16-13)15-8(6)4-17-5-14-3-7(12)10(17)18/h1-3,5H,4,13H2,(H,15,16). The van der Waals surface area contributed by atoms with Crippen LogP contribution in [0.2, 0.25) is 5.02 Å². The molecule has 94 valence electrons. The quantitative estimate of drug-likeness (QED) is 0.477. The predicted octanol–water partition coefficient (Wildman–Crippen LogP) is 1.23. The summed E-state index contributed by atoms with van der Waals surface area (Å²) < 4.78 is 1.98. The summed E-state index contributed by atoms with van der Waals surface area (Å²) in [5.74, 6) is 5.77. The predicted molar refractivity (Wildman–Crippen MR) is 77.4 cm³/mol. The third-order valence-electron chi connectivity index (χ3n) is 2.25. The second-order valence-electron chi connectivity index (χ2n) is 3.44. The van der Waals surface area contributed by atoms with Crippen LogP contribution in [0.4, 0.5) is 5.82 Å². The summed E-state index contributed by atoms with van der Waals surface area (Å²) in [6.07, 6.45) is 2.96. The van der Waals surface area contributed by atoms with E-state index in [9.17, 15) is 4.79 Å². The molecule has 18 heavy (non-hydrogen) atoms.